The van der Waals surface area contributed by atoms with Crippen LogP contribution in [0.15, 0.2) is 30.3 Å². The van der Waals surface area contributed by atoms with Gasteiger partial charge < -0.3 is 5.11 Å². The van der Waals surface area contributed by atoms with Gasteiger partial charge in [0.1, 0.15) is 0 Å². The molecule has 0 aliphatic carbocycles. The van der Waals surface area contributed by atoms with E-state index in [0.29, 0.717) is 12.1 Å². The highest BCUT2D eigenvalue weighted by Gasteiger charge is 2.39. The van der Waals surface area contributed by atoms with Crippen LogP contribution in [0.5, 0.6) is 0 Å². The molecular weight excluding hydrogens is 392 g/mol. The maximum atomic E-state index is 13.1. The molecule has 0 saturated carbocycles. The first-order valence-corrected chi connectivity index (χ1v) is 11.9. The van der Waals surface area contributed by atoms with Gasteiger partial charge in [0.25, 0.3) is 5.91 Å². The lowest BCUT2D eigenvalue weighted by Crippen LogP contribution is -2.48. The molecule has 1 atom stereocenters. The number of hydrogen-bond acceptors (Lipinski definition) is 3. The molecule has 0 bridgehead atoms. The molecule has 1 N–H and O–H groups in total. The fourth-order valence-electron chi connectivity index (χ4n) is 4.08. The highest BCUT2D eigenvalue weighted by atomic mass is 16.4. The van der Waals surface area contributed by atoms with E-state index in [2.05, 4.69) is 6.92 Å². The van der Waals surface area contributed by atoms with E-state index in [9.17, 15) is 19.5 Å². The zero-order valence-corrected chi connectivity index (χ0v) is 18.9. The monoisotopic (exact) mass is 430 g/mol. The Morgan fingerprint density at radius 2 is 1.48 bits per heavy atom. The van der Waals surface area contributed by atoms with E-state index in [1.165, 1.54) is 61.4 Å². The first-order valence-electron chi connectivity index (χ1n) is 11.9. The number of carbonyl (C=O) groups is 3. The van der Waals surface area contributed by atoms with Crippen LogP contribution in [0.1, 0.15) is 94.3 Å². The van der Waals surface area contributed by atoms with E-state index in [-0.39, 0.29) is 24.8 Å². The summed E-state index contributed by atoms with van der Waals surface area (Å²) < 4.78 is 0. The summed E-state index contributed by atoms with van der Waals surface area (Å²) in [5, 5.41) is 12.1. The number of nitrogens with zero attached hydrogens (tertiary/aromatic N) is 2. The molecule has 1 heterocycles. The Kier molecular flexibility index (Phi) is 11.1. The van der Waals surface area contributed by atoms with E-state index < -0.39 is 11.9 Å². The summed E-state index contributed by atoms with van der Waals surface area (Å²) >= 11 is 0. The van der Waals surface area contributed by atoms with Crippen molar-refractivity contribution in [1.29, 1.82) is 0 Å². The van der Waals surface area contributed by atoms with Crippen LogP contribution in [-0.2, 0) is 9.59 Å². The first kappa shape index (κ1) is 24.9. The van der Waals surface area contributed by atoms with Crippen LogP contribution in [0.3, 0.4) is 0 Å². The van der Waals surface area contributed by atoms with E-state index in [1.807, 2.05) is 6.07 Å². The summed E-state index contributed by atoms with van der Waals surface area (Å²) in [5.74, 6) is -2.28. The molecule has 6 heteroatoms. The van der Waals surface area contributed by atoms with Crippen molar-refractivity contribution in [3.8, 4) is 0 Å². The van der Waals surface area contributed by atoms with Crippen LogP contribution in [-0.4, -0.2) is 46.0 Å². The van der Waals surface area contributed by atoms with Gasteiger partial charge in [0.2, 0.25) is 5.91 Å². The van der Waals surface area contributed by atoms with Crippen molar-refractivity contribution >= 4 is 17.8 Å². The van der Waals surface area contributed by atoms with Crippen LogP contribution in [0.4, 0.5) is 0 Å². The molecule has 0 radical (unpaired) electrons. The molecule has 0 spiro atoms. The van der Waals surface area contributed by atoms with Gasteiger partial charge in [0.15, 0.2) is 0 Å². The second-order valence-corrected chi connectivity index (χ2v) is 8.54. The van der Waals surface area contributed by atoms with Crippen molar-refractivity contribution in [3.05, 3.63) is 35.9 Å². The predicted octanol–water partition coefficient (Wildman–Crippen LogP) is 5.29. The summed E-state index contributed by atoms with van der Waals surface area (Å²) in [6, 6.07) is 8.88. The van der Waals surface area contributed by atoms with Crippen molar-refractivity contribution in [2.45, 2.75) is 84.0 Å². The number of rotatable bonds is 15. The summed E-state index contributed by atoms with van der Waals surface area (Å²) in [7, 11) is 0. The average Bonchev–Trinajstić information content (AvgIpc) is 3.16. The van der Waals surface area contributed by atoms with Gasteiger partial charge in [0.05, 0.1) is 12.5 Å². The molecule has 1 unspecified atom stereocenters. The summed E-state index contributed by atoms with van der Waals surface area (Å²) in [6.45, 7) is 2.73. The van der Waals surface area contributed by atoms with Crippen molar-refractivity contribution in [3.63, 3.8) is 0 Å². The maximum Gasteiger partial charge on any atom is 0.308 e. The van der Waals surface area contributed by atoms with E-state index in [4.69, 9.17) is 0 Å². The topological polar surface area (TPSA) is 77.9 Å². The molecule has 31 heavy (non-hydrogen) atoms. The molecule has 0 aromatic heterocycles. The van der Waals surface area contributed by atoms with Crippen molar-refractivity contribution in [1.82, 2.24) is 10.0 Å². The molecule has 1 aromatic carbocycles. The zero-order chi connectivity index (χ0) is 22.5. The van der Waals surface area contributed by atoms with Crippen molar-refractivity contribution in [2.75, 3.05) is 13.1 Å². The molecule has 1 fully saturated rings. The van der Waals surface area contributed by atoms with Crippen LogP contribution in [0.2, 0.25) is 0 Å². The van der Waals surface area contributed by atoms with Crippen molar-refractivity contribution in [2.24, 2.45) is 5.92 Å². The normalized spacial score (nSPS) is 16.0. The summed E-state index contributed by atoms with van der Waals surface area (Å²) in [4.78, 5) is 36.8. The predicted molar refractivity (Wildman–Crippen MR) is 121 cm³/mol. The lowest BCUT2D eigenvalue weighted by Gasteiger charge is -2.32. The van der Waals surface area contributed by atoms with Gasteiger partial charge >= 0.3 is 5.97 Å². The smallest absolute Gasteiger partial charge is 0.308 e. The third-order valence-corrected chi connectivity index (χ3v) is 5.97. The average molecular weight is 431 g/mol. The number of carbonyl (C=O) groups excluding carboxylic acids is 2. The molecule has 2 amide bonds. The van der Waals surface area contributed by atoms with Gasteiger partial charge in [-0.3, -0.25) is 19.4 Å². The molecule has 1 aliphatic rings. The minimum absolute atomic E-state index is 0.0494. The maximum absolute atomic E-state index is 13.1. The van der Waals surface area contributed by atoms with E-state index in [1.54, 1.807) is 24.3 Å². The van der Waals surface area contributed by atoms with Crippen LogP contribution in [0, 0.1) is 5.92 Å². The Hall–Kier alpha value is -2.37. The number of aliphatic carboxylic acids is 1. The molecule has 1 aliphatic heterocycles. The number of unbranched alkanes of at least 4 members (excludes halogenated alkanes) is 10. The van der Waals surface area contributed by atoms with Gasteiger partial charge in [-0.25, -0.2) is 5.01 Å². The number of carboxylic acids is 1. The molecule has 1 aromatic rings. The largest absolute Gasteiger partial charge is 0.481 e. The fourth-order valence-corrected chi connectivity index (χ4v) is 4.08. The standard InChI is InChI=1S/C25H38N2O4/c1-2-3-4-5-6-7-8-9-10-11-15-18-26(24(29)21-16-13-12-14-17-21)27-20-22(25(30)31)19-23(27)28/h12-14,16-17,22H,2-11,15,18-20H2,1H3,(H,30,31). The van der Waals surface area contributed by atoms with Gasteiger partial charge in [-0.05, 0) is 18.6 Å². The van der Waals surface area contributed by atoms with Gasteiger partial charge in [-0.15, -0.1) is 0 Å². The number of amides is 2. The molecule has 1 saturated heterocycles. The minimum atomic E-state index is -0.988. The summed E-state index contributed by atoms with van der Waals surface area (Å²) in [6.07, 6.45) is 13.2. The highest BCUT2D eigenvalue weighted by Crippen LogP contribution is 2.22. The molecular formula is C25H38N2O4. The zero-order valence-electron chi connectivity index (χ0n) is 18.9. The van der Waals surface area contributed by atoms with Gasteiger partial charge in [0, 0.05) is 18.5 Å². The molecule has 6 nitrogen and oxygen atoms in total. The van der Waals surface area contributed by atoms with E-state index >= 15 is 0 Å². The van der Waals surface area contributed by atoms with Crippen molar-refractivity contribution < 1.29 is 19.5 Å². The lowest BCUT2D eigenvalue weighted by atomic mass is 10.1. The van der Waals surface area contributed by atoms with Crippen LogP contribution < -0.4 is 0 Å². The SMILES string of the molecule is CCCCCCCCCCCCCN(C(=O)c1ccccc1)N1CC(C(=O)O)CC1=O. The van der Waals surface area contributed by atoms with Crippen LogP contribution in [0.25, 0.3) is 0 Å². The third-order valence-electron chi connectivity index (χ3n) is 5.97. The van der Waals surface area contributed by atoms with Gasteiger partial charge in [-0.1, -0.05) is 89.3 Å². The lowest BCUT2D eigenvalue weighted by molar-refractivity contribution is -0.141. The second-order valence-electron chi connectivity index (χ2n) is 8.54. The number of hydrogen-bond donors (Lipinski definition) is 1. The number of hydrazine groups is 1. The Morgan fingerprint density at radius 1 is 0.935 bits per heavy atom. The first-order chi connectivity index (χ1) is 15.0. The third kappa shape index (κ3) is 8.35. The Labute approximate surface area is 186 Å². The Morgan fingerprint density at radius 3 is 2.00 bits per heavy atom. The molecule has 172 valence electrons. The van der Waals surface area contributed by atoms with E-state index in [0.717, 1.165) is 19.3 Å². The quantitative estimate of drug-likeness (QED) is 0.384. The minimum Gasteiger partial charge on any atom is -0.481 e. The fraction of sp³-hybridized carbons (Fsp3) is 0.640. The highest BCUT2D eigenvalue weighted by molar-refractivity contribution is 5.96. The summed E-state index contributed by atoms with van der Waals surface area (Å²) in [5.41, 5.74) is 0.511. The number of benzene rings is 1. The number of carboxylic acid groups (broad SMARTS) is 1. The second kappa shape index (κ2) is 13.8. The van der Waals surface area contributed by atoms with Crippen LogP contribution >= 0.6 is 0 Å². The Bertz CT molecular complexity index is 692. The Balaban J connectivity index is 1.80. The molecule has 2 rings (SSSR count). The van der Waals surface area contributed by atoms with Gasteiger partial charge in [-0.2, -0.15) is 0 Å².